The van der Waals surface area contributed by atoms with Crippen LogP contribution in [0.1, 0.15) is 32.3 Å². The zero-order valence-corrected chi connectivity index (χ0v) is 10.4. The Labute approximate surface area is 101 Å². The molecule has 0 radical (unpaired) electrons. The molecule has 1 unspecified atom stereocenters. The third kappa shape index (κ3) is 2.34. The second-order valence-corrected chi connectivity index (χ2v) is 5.22. The molecule has 2 rings (SSSR count). The largest absolute Gasteiger partial charge is 0.311 e. The van der Waals surface area contributed by atoms with Crippen LogP contribution >= 0.6 is 0 Å². The van der Waals surface area contributed by atoms with Gasteiger partial charge in [0.2, 0.25) is 0 Å². The van der Waals surface area contributed by atoms with E-state index in [2.05, 4.69) is 19.2 Å². The molecule has 1 aliphatic heterocycles. The average Bonchev–Trinajstić information content (AvgIpc) is 2.73. The van der Waals surface area contributed by atoms with E-state index in [0.717, 1.165) is 19.4 Å². The summed E-state index contributed by atoms with van der Waals surface area (Å²) in [5, 5.41) is 3.44. The van der Waals surface area contributed by atoms with Gasteiger partial charge in [-0.15, -0.1) is 0 Å². The molecule has 0 aromatic heterocycles. The minimum Gasteiger partial charge on any atom is -0.311 e. The molecule has 17 heavy (non-hydrogen) atoms. The van der Waals surface area contributed by atoms with Crippen LogP contribution in [0.2, 0.25) is 0 Å². The molecule has 1 heterocycles. The number of rotatable bonds is 3. The van der Waals surface area contributed by atoms with Gasteiger partial charge in [0.1, 0.15) is 11.6 Å². The predicted octanol–water partition coefficient (Wildman–Crippen LogP) is 3.29. The van der Waals surface area contributed by atoms with E-state index < -0.39 is 11.6 Å². The number of hydrogen-bond acceptors (Lipinski definition) is 1. The zero-order valence-electron chi connectivity index (χ0n) is 10.4. The van der Waals surface area contributed by atoms with Crippen molar-refractivity contribution < 1.29 is 8.78 Å². The first-order chi connectivity index (χ1) is 8.05. The van der Waals surface area contributed by atoms with Crippen molar-refractivity contribution in [3.05, 3.63) is 35.4 Å². The van der Waals surface area contributed by atoms with E-state index in [-0.39, 0.29) is 11.1 Å². The highest BCUT2D eigenvalue weighted by Crippen LogP contribution is 2.32. The Morgan fingerprint density at radius 1 is 1.29 bits per heavy atom. The van der Waals surface area contributed by atoms with Gasteiger partial charge < -0.3 is 5.32 Å². The lowest BCUT2D eigenvalue weighted by Gasteiger charge is -2.34. The van der Waals surface area contributed by atoms with Crippen LogP contribution in [-0.4, -0.2) is 12.1 Å². The molecule has 0 saturated carbocycles. The third-order valence-electron chi connectivity index (χ3n) is 3.94. The number of nitrogens with one attached hydrogen (secondary N) is 1. The van der Waals surface area contributed by atoms with E-state index >= 15 is 0 Å². The molecule has 1 aliphatic rings. The molecule has 1 saturated heterocycles. The van der Waals surface area contributed by atoms with Gasteiger partial charge in [-0.2, -0.15) is 0 Å². The van der Waals surface area contributed by atoms with Crippen LogP contribution in [0.15, 0.2) is 18.2 Å². The van der Waals surface area contributed by atoms with Crippen molar-refractivity contribution in [2.24, 2.45) is 5.92 Å². The average molecular weight is 239 g/mol. The van der Waals surface area contributed by atoms with Gasteiger partial charge in [-0.25, -0.2) is 8.78 Å². The number of benzene rings is 1. The standard InChI is InChI=1S/C14H19F2N/c1-10(2)14(7-4-8-17-14)9-11-12(15)5-3-6-13(11)16/h3,5-6,10,17H,4,7-9H2,1-2H3. The Bertz CT molecular complexity index is 375. The summed E-state index contributed by atoms with van der Waals surface area (Å²) in [4.78, 5) is 0. The summed E-state index contributed by atoms with van der Waals surface area (Å²) in [5.74, 6) is -0.499. The second kappa shape index (κ2) is 4.73. The Kier molecular flexibility index (Phi) is 3.48. The fourth-order valence-electron chi connectivity index (χ4n) is 2.69. The van der Waals surface area contributed by atoms with Gasteiger partial charge in [0.15, 0.2) is 0 Å². The predicted molar refractivity (Wildman–Crippen MR) is 64.9 cm³/mol. The maximum Gasteiger partial charge on any atom is 0.129 e. The quantitative estimate of drug-likeness (QED) is 0.853. The van der Waals surface area contributed by atoms with Gasteiger partial charge >= 0.3 is 0 Å². The van der Waals surface area contributed by atoms with Crippen molar-refractivity contribution in [2.75, 3.05) is 6.54 Å². The van der Waals surface area contributed by atoms with Crippen molar-refractivity contribution in [1.82, 2.24) is 5.32 Å². The van der Waals surface area contributed by atoms with Gasteiger partial charge in [0, 0.05) is 11.1 Å². The molecule has 1 aromatic carbocycles. The van der Waals surface area contributed by atoms with Crippen molar-refractivity contribution in [3.63, 3.8) is 0 Å². The Hall–Kier alpha value is -0.960. The van der Waals surface area contributed by atoms with Crippen LogP contribution in [0.4, 0.5) is 8.78 Å². The smallest absolute Gasteiger partial charge is 0.129 e. The fraction of sp³-hybridized carbons (Fsp3) is 0.571. The summed E-state index contributed by atoms with van der Waals surface area (Å²) in [6.07, 6.45) is 2.50. The number of halogens is 2. The van der Waals surface area contributed by atoms with Gasteiger partial charge in [0.25, 0.3) is 0 Å². The van der Waals surface area contributed by atoms with Gasteiger partial charge in [-0.05, 0) is 43.9 Å². The molecule has 0 spiro atoms. The highest BCUT2D eigenvalue weighted by Gasteiger charge is 2.37. The van der Waals surface area contributed by atoms with Gasteiger partial charge in [-0.1, -0.05) is 19.9 Å². The first-order valence-corrected chi connectivity index (χ1v) is 6.23. The minimum atomic E-state index is -0.432. The second-order valence-electron chi connectivity index (χ2n) is 5.22. The van der Waals surface area contributed by atoms with E-state index in [4.69, 9.17) is 0 Å². The summed E-state index contributed by atoms with van der Waals surface area (Å²) in [5.41, 5.74) is 0.0684. The maximum absolute atomic E-state index is 13.7. The summed E-state index contributed by atoms with van der Waals surface area (Å²) in [6.45, 7) is 5.16. The van der Waals surface area contributed by atoms with Crippen LogP contribution in [-0.2, 0) is 6.42 Å². The monoisotopic (exact) mass is 239 g/mol. The maximum atomic E-state index is 13.7. The summed E-state index contributed by atoms with van der Waals surface area (Å²) in [6, 6.07) is 4.08. The first kappa shape index (κ1) is 12.5. The van der Waals surface area contributed by atoms with Crippen LogP contribution in [0.5, 0.6) is 0 Å². The lowest BCUT2D eigenvalue weighted by Crippen LogP contribution is -2.47. The van der Waals surface area contributed by atoms with E-state index in [1.165, 1.54) is 18.2 Å². The fourth-order valence-corrected chi connectivity index (χ4v) is 2.69. The van der Waals surface area contributed by atoms with Gasteiger partial charge in [-0.3, -0.25) is 0 Å². The highest BCUT2D eigenvalue weighted by molar-refractivity contribution is 5.23. The molecule has 1 fully saturated rings. The van der Waals surface area contributed by atoms with Crippen LogP contribution in [0, 0.1) is 17.6 Å². The van der Waals surface area contributed by atoms with E-state index in [9.17, 15) is 8.78 Å². The lowest BCUT2D eigenvalue weighted by atomic mass is 9.79. The summed E-state index contributed by atoms with van der Waals surface area (Å²) < 4.78 is 27.3. The third-order valence-corrected chi connectivity index (χ3v) is 3.94. The van der Waals surface area contributed by atoms with Crippen molar-refractivity contribution in [2.45, 2.75) is 38.6 Å². The number of hydrogen-bond donors (Lipinski definition) is 1. The van der Waals surface area contributed by atoms with Crippen LogP contribution in [0.25, 0.3) is 0 Å². The van der Waals surface area contributed by atoms with Crippen molar-refractivity contribution >= 4 is 0 Å². The molecule has 94 valence electrons. The topological polar surface area (TPSA) is 12.0 Å². The molecule has 1 atom stereocenters. The molecule has 0 bridgehead atoms. The summed E-state index contributed by atoms with van der Waals surface area (Å²) >= 11 is 0. The van der Waals surface area contributed by atoms with Crippen molar-refractivity contribution in [3.8, 4) is 0 Å². The Morgan fingerprint density at radius 3 is 2.41 bits per heavy atom. The lowest BCUT2D eigenvalue weighted by molar-refractivity contribution is 0.263. The van der Waals surface area contributed by atoms with Crippen LogP contribution < -0.4 is 5.32 Å². The molecule has 1 N–H and O–H groups in total. The molecule has 1 aromatic rings. The molecular weight excluding hydrogens is 220 g/mol. The Morgan fingerprint density at radius 2 is 1.94 bits per heavy atom. The molecular formula is C14H19F2N. The zero-order chi connectivity index (χ0) is 12.5. The molecule has 1 nitrogen and oxygen atoms in total. The van der Waals surface area contributed by atoms with Crippen LogP contribution in [0.3, 0.4) is 0 Å². The highest BCUT2D eigenvalue weighted by atomic mass is 19.1. The molecule has 0 aliphatic carbocycles. The summed E-state index contributed by atoms with van der Waals surface area (Å²) in [7, 11) is 0. The van der Waals surface area contributed by atoms with E-state index in [1.807, 2.05) is 0 Å². The van der Waals surface area contributed by atoms with Gasteiger partial charge in [0.05, 0.1) is 0 Å². The van der Waals surface area contributed by atoms with E-state index in [1.54, 1.807) is 0 Å². The minimum absolute atomic E-state index is 0.150. The normalized spacial score (nSPS) is 24.5. The first-order valence-electron chi connectivity index (χ1n) is 6.23. The van der Waals surface area contributed by atoms with Crippen molar-refractivity contribution in [1.29, 1.82) is 0 Å². The van der Waals surface area contributed by atoms with E-state index in [0.29, 0.717) is 12.3 Å². The Balaban J connectivity index is 2.30. The molecule has 0 amide bonds. The SMILES string of the molecule is CC(C)C1(Cc2c(F)cccc2F)CCCN1. The molecule has 3 heteroatoms.